The van der Waals surface area contributed by atoms with E-state index in [1.165, 1.54) is 10.5 Å². The molecular weight excluding hydrogens is 168 g/mol. The predicted octanol–water partition coefficient (Wildman–Crippen LogP) is 1.43. The highest BCUT2D eigenvalue weighted by Gasteiger charge is 1.75. The minimum atomic E-state index is 0.129. The molecule has 0 rings (SSSR count). The van der Waals surface area contributed by atoms with Crippen LogP contribution < -0.4 is 0 Å². The molecule has 0 aromatic carbocycles. The normalized spacial score (nSPS) is 10.1. The maximum atomic E-state index is 3.39. The Kier molecular flexibility index (Phi) is 4.88. The van der Waals surface area contributed by atoms with Crippen LogP contribution in [0.1, 0.15) is 13.8 Å². The van der Waals surface area contributed by atoms with Crippen molar-refractivity contribution in [3.05, 3.63) is 11.3 Å². The lowest BCUT2D eigenvalue weighted by Crippen LogP contribution is -1.84. The summed E-state index contributed by atoms with van der Waals surface area (Å²) in [5.41, 5.74) is 3.82. The molecule has 0 aliphatic rings. The summed E-state index contributed by atoms with van der Waals surface area (Å²) in [7, 11) is 0.129. The molecule has 0 amide bonds. The number of rotatable bonds is 2. The van der Waals surface area contributed by atoms with E-state index in [0.29, 0.717) is 0 Å². The van der Waals surface area contributed by atoms with Gasteiger partial charge in [0.1, 0.15) is 0 Å². The summed E-state index contributed by atoms with van der Waals surface area (Å²) in [5.74, 6) is 0. The van der Waals surface area contributed by atoms with Gasteiger partial charge in [0.05, 0.1) is 9.52 Å². The van der Waals surface area contributed by atoms with Crippen molar-refractivity contribution in [1.82, 2.24) is 0 Å². The lowest BCUT2D eigenvalue weighted by Gasteiger charge is -1.83. The Morgan fingerprint density at radius 3 is 2.43 bits per heavy atom. The van der Waals surface area contributed by atoms with E-state index in [0.717, 1.165) is 0 Å². The van der Waals surface area contributed by atoms with E-state index in [1.54, 1.807) is 0 Å². The maximum absolute atomic E-state index is 3.39. The van der Waals surface area contributed by atoms with Crippen molar-refractivity contribution >= 4 is 25.4 Å². The molecule has 0 aromatic heterocycles. The highest BCUT2D eigenvalue weighted by atomic mass is 79.9. The molecule has 0 aliphatic heterocycles. The van der Waals surface area contributed by atoms with E-state index in [9.17, 15) is 0 Å². The molecule has 42 valence electrons. The summed E-state index contributed by atoms with van der Waals surface area (Å²) in [6, 6.07) is 0. The second-order valence-corrected chi connectivity index (χ2v) is 5.50. The van der Waals surface area contributed by atoms with Crippen LogP contribution in [-0.4, -0.2) is 14.5 Å². The van der Waals surface area contributed by atoms with E-state index in [1.807, 2.05) is 0 Å². The number of hydrogen-bond acceptors (Lipinski definition) is 0. The minimum Gasteiger partial charge on any atom is -0.102 e. The monoisotopic (exact) mass is 178 g/mol. The molecule has 0 spiro atoms. The Labute approximate surface area is 56.0 Å². The molecule has 0 N–H and O–H groups in total. The second kappa shape index (κ2) is 4.59. The molecule has 0 bridgehead atoms. The van der Waals surface area contributed by atoms with Crippen LogP contribution in [0.15, 0.2) is 11.3 Å². The van der Waals surface area contributed by atoms with Crippen LogP contribution in [0.5, 0.6) is 0 Å². The lowest BCUT2D eigenvalue weighted by atomic mass is 10.4. The van der Waals surface area contributed by atoms with Crippen molar-refractivity contribution in [3.8, 4) is 0 Å². The van der Waals surface area contributed by atoms with Crippen LogP contribution in [0.2, 0.25) is 0 Å². The van der Waals surface area contributed by atoms with Crippen molar-refractivity contribution in [3.63, 3.8) is 0 Å². The molecule has 0 aromatic rings. The van der Waals surface area contributed by atoms with E-state index >= 15 is 0 Å². The SMILES string of the molecule is CC(C)=C[SiH2]CBr. The Balaban J connectivity index is 3.08. The summed E-state index contributed by atoms with van der Waals surface area (Å²) < 4.78 is 0. The highest BCUT2D eigenvalue weighted by Crippen LogP contribution is 1.86. The molecule has 0 heterocycles. The van der Waals surface area contributed by atoms with Gasteiger partial charge in [0.15, 0.2) is 0 Å². The van der Waals surface area contributed by atoms with Crippen molar-refractivity contribution in [1.29, 1.82) is 0 Å². The van der Waals surface area contributed by atoms with Gasteiger partial charge < -0.3 is 0 Å². The van der Waals surface area contributed by atoms with Gasteiger partial charge in [-0.2, -0.15) is 0 Å². The molecule has 0 atom stereocenters. The Hall–Kier alpha value is 0.437. The Morgan fingerprint density at radius 2 is 2.29 bits per heavy atom. The number of hydrogen-bond donors (Lipinski definition) is 0. The quantitative estimate of drug-likeness (QED) is 0.444. The molecule has 2 heteroatoms. The molecular formula is C5H11BrSi. The van der Waals surface area contributed by atoms with Crippen LogP contribution in [0.3, 0.4) is 0 Å². The molecule has 0 nitrogen and oxygen atoms in total. The Morgan fingerprint density at radius 1 is 1.71 bits per heavy atom. The summed E-state index contributed by atoms with van der Waals surface area (Å²) >= 11 is 3.39. The predicted molar refractivity (Wildman–Crippen MR) is 41.8 cm³/mol. The van der Waals surface area contributed by atoms with Crippen molar-refractivity contribution in [2.45, 2.75) is 13.8 Å². The van der Waals surface area contributed by atoms with Gasteiger partial charge in [-0.3, -0.25) is 0 Å². The van der Waals surface area contributed by atoms with Gasteiger partial charge in [0.2, 0.25) is 0 Å². The summed E-state index contributed by atoms with van der Waals surface area (Å²) in [5, 5.41) is 0. The Bertz CT molecular complexity index is 64.5. The third-order valence-electron chi connectivity index (χ3n) is 0.662. The van der Waals surface area contributed by atoms with Crippen LogP contribution >= 0.6 is 15.9 Å². The summed E-state index contributed by atoms with van der Waals surface area (Å²) in [4.78, 5) is 1.22. The molecule has 0 radical (unpaired) electrons. The van der Waals surface area contributed by atoms with Crippen molar-refractivity contribution in [2.24, 2.45) is 0 Å². The first-order valence-corrected chi connectivity index (χ1v) is 5.40. The van der Waals surface area contributed by atoms with E-state index in [4.69, 9.17) is 0 Å². The third-order valence-corrected chi connectivity index (χ3v) is 3.36. The third kappa shape index (κ3) is 6.44. The standard InChI is InChI=1S/C5H11BrSi/c1-5(2)3-7-4-6/h3H,4,7H2,1-2H3. The summed E-state index contributed by atoms with van der Waals surface area (Å²) in [6.07, 6.45) is 0. The topological polar surface area (TPSA) is 0 Å². The fourth-order valence-electron chi connectivity index (χ4n) is 0.343. The highest BCUT2D eigenvalue weighted by molar-refractivity contribution is 9.09. The number of allylic oxidation sites excluding steroid dienone is 1. The van der Waals surface area contributed by atoms with Crippen LogP contribution in [0, 0.1) is 0 Å². The molecule has 0 fully saturated rings. The minimum absolute atomic E-state index is 0.129. The first-order chi connectivity index (χ1) is 3.27. The van der Waals surface area contributed by atoms with Crippen LogP contribution in [0.25, 0.3) is 0 Å². The molecule has 7 heavy (non-hydrogen) atoms. The first kappa shape index (κ1) is 7.44. The van der Waals surface area contributed by atoms with Gasteiger partial charge in [0.25, 0.3) is 0 Å². The van der Waals surface area contributed by atoms with Gasteiger partial charge in [-0.05, 0) is 18.8 Å². The van der Waals surface area contributed by atoms with Gasteiger partial charge in [0, 0.05) is 0 Å². The largest absolute Gasteiger partial charge is 0.102 e. The maximum Gasteiger partial charge on any atom is 0.0569 e. The fourth-order valence-corrected chi connectivity index (χ4v) is 1.72. The fraction of sp³-hybridized carbons (Fsp3) is 0.600. The average molecular weight is 179 g/mol. The lowest BCUT2D eigenvalue weighted by molar-refractivity contribution is 1.41. The molecule has 0 saturated carbocycles. The molecule has 0 saturated heterocycles. The van der Waals surface area contributed by atoms with Gasteiger partial charge in [-0.15, -0.1) is 5.70 Å². The second-order valence-electron chi connectivity index (χ2n) is 1.76. The molecule has 0 aliphatic carbocycles. The van der Waals surface area contributed by atoms with E-state index in [2.05, 4.69) is 35.5 Å². The van der Waals surface area contributed by atoms with E-state index < -0.39 is 0 Å². The first-order valence-electron chi connectivity index (χ1n) is 2.46. The summed E-state index contributed by atoms with van der Waals surface area (Å²) in [6.45, 7) is 4.30. The van der Waals surface area contributed by atoms with Crippen molar-refractivity contribution < 1.29 is 0 Å². The van der Waals surface area contributed by atoms with Gasteiger partial charge >= 0.3 is 0 Å². The average Bonchev–Trinajstić information content (AvgIpc) is 1.61. The van der Waals surface area contributed by atoms with Crippen LogP contribution in [-0.2, 0) is 0 Å². The van der Waals surface area contributed by atoms with Crippen molar-refractivity contribution in [2.75, 3.05) is 4.95 Å². The zero-order chi connectivity index (χ0) is 5.70. The molecule has 0 unspecified atom stereocenters. The zero-order valence-corrected chi connectivity index (χ0v) is 7.87. The number of alkyl halides is 1. The number of halogens is 1. The van der Waals surface area contributed by atoms with Gasteiger partial charge in [-0.1, -0.05) is 21.5 Å². The zero-order valence-electron chi connectivity index (χ0n) is 4.87. The van der Waals surface area contributed by atoms with Gasteiger partial charge in [-0.25, -0.2) is 0 Å². The van der Waals surface area contributed by atoms with Crippen LogP contribution in [0.4, 0.5) is 0 Å². The van der Waals surface area contributed by atoms with E-state index in [-0.39, 0.29) is 9.52 Å². The smallest absolute Gasteiger partial charge is 0.0569 e.